The van der Waals surface area contributed by atoms with Crippen molar-refractivity contribution in [2.24, 2.45) is 0 Å². The number of rotatable bonds is 5. The van der Waals surface area contributed by atoms with E-state index >= 15 is 0 Å². The molecule has 116 valence electrons. The molecule has 23 heavy (non-hydrogen) atoms. The highest BCUT2D eigenvalue weighted by molar-refractivity contribution is 7.16. The van der Waals surface area contributed by atoms with Crippen LogP contribution in [-0.4, -0.2) is 15.3 Å². The third-order valence-electron chi connectivity index (χ3n) is 4.19. The predicted molar refractivity (Wildman–Crippen MR) is 91.2 cm³/mol. The summed E-state index contributed by atoms with van der Waals surface area (Å²) in [4.78, 5) is 30.4. The van der Waals surface area contributed by atoms with E-state index in [9.17, 15) is 9.59 Å². The summed E-state index contributed by atoms with van der Waals surface area (Å²) in [6.45, 7) is 0. The molecule has 1 fully saturated rings. The van der Waals surface area contributed by atoms with Gasteiger partial charge < -0.3 is 0 Å². The van der Waals surface area contributed by atoms with Crippen molar-refractivity contribution in [1.29, 1.82) is 0 Å². The van der Waals surface area contributed by atoms with Crippen LogP contribution in [0.5, 0.6) is 0 Å². The Morgan fingerprint density at radius 3 is 2.74 bits per heavy atom. The summed E-state index contributed by atoms with van der Waals surface area (Å²) in [6.07, 6.45) is 2.93. The number of aryl methyl sites for hydroxylation is 1. The topological polar surface area (TPSA) is 52.0 Å². The highest BCUT2D eigenvalue weighted by Gasteiger charge is 2.28. The highest BCUT2D eigenvalue weighted by atomic mass is 32.1. The zero-order valence-electron chi connectivity index (χ0n) is 12.6. The zero-order valence-corrected chi connectivity index (χ0v) is 13.4. The minimum Gasteiger partial charge on any atom is -0.294 e. The zero-order chi connectivity index (χ0) is 15.8. The van der Waals surface area contributed by atoms with Gasteiger partial charge in [-0.2, -0.15) is 0 Å². The van der Waals surface area contributed by atoms with Gasteiger partial charge in [-0.25, -0.2) is 4.98 Å². The number of hydrogen-bond donors (Lipinski definition) is 0. The van der Waals surface area contributed by atoms with Crippen molar-refractivity contribution in [3.8, 4) is 0 Å². The third-order valence-corrected chi connectivity index (χ3v) is 4.99. The van der Waals surface area contributed by atoms with Gasteiger partial charge in [-0.05, 0) is 24.3 Å². The van der Waals surface area contributed by atoms with Gasteiger partial charge in [-0.3, -0.25) is 14.2 Å². The lowest BCUT2D eigenvalue weighted by molar-refractivity contribution is 0.0981. The maximum absolute atomic E-state index is 12.7. The standard InChI is InChI=1S/C18H16N2O2S/c21-15(12-4-2-1-3-5-12)8-9-16-19-17-14(10-11-23-17)18(22)20(16)13-6-7-13/h1-5,10-11,13H,6-9H2. The molecule has 0 atom stereocenters. The lowest BCUT2D eigenvalue weighted by Crippen LogP contribution is -2.24. The predicted octanol–water partition coefficient (Wildman–Crippen LogP) is 3.61. The number of hydrogen-bond acceptors (Lipinski definition) is 4. The molecule has 1 aliphatic rings. The van der Waals surface area contributed by atoms with Crippen LogP contribution in [0.25, 0.3) is 10.2 Å². The second-order valence-corrected chi connectivity index (χ2v) is 6.76. The van der Waals surface area contributed by atoms with Gasteiger partial charge in [0.25, 0.3) is 5.56 Å². The van der Waals surface area contributed by atoms with Gasteiger partial charge in [0.2, 0.25) is 0 Å². The van der Waals surface area contributed by atoms with E-state index in [0.29, 0.717) is 23.8 Å². The monoisotopic (exact) mass is 324 g/mol. The number of carbonyl (C=O) groups excluding carboxylic acids is 1. The Balaban J connectivity index is 1.65. The van der Waals surface area contributed by atoms with Crippen LogP contribution < -0.4 is 5.56 Å². The minimum absolute atomic E-state index is 0.0425. The Morgan fingerprint density at radius 1 is 1.22 bits per heavy atom. The van der Waals surface area contributed by atoms with E-state index in [1.165, 1.54) is 11.3 Å². The fourth-order valence-corrected chi connectivity index (χ4v) is 3.62. The fourth-order valence-electron chi connectivity index (χ4n) is 2.85. The molecule has 5 heteroatoms. The minimum atomic E-state index is 0.0425. The number of ketones is 1. The molecule has 0 amide bonds. The summed E-state index contributed by atoms with van der Waals surface area (Å²) in [5.74, 6) is 0.838. The van der Waals surface area contributed by atoms with Crippen LogP contribution in [0.4, 0.5) is 0 Å². The first-order valence-electron chi connectivity index (χ1n) is 7.81. The molecule has 0 aliphatic heterocycles. The van der Waals surface area contributed by atoms with Crippen molar-refractivity contribution >= 4 is 27.3 Å². The van der Waals surface area contributed by atoms with Crippen LogP contribution in [0.1, 0.15) is 41.5 Å². The van der Waals surface area contributed by atoms with Crippen molar-refractivity contribution in [3.05, 3.63) is 63.5 Å². The molecule has 0 N–H and O–H groups in total. The lowest BCUT2D eigenvalue weighted by Gasteiger charge is -2.11. The van der Waals surface area contributed by atoms with Crippen molar-refractivity contribution < 1.29 is 4.79 Å². The molecule has 0 bridgehead atoms. The largest absolute Gasteiger partial charge is 0.294 e. The van der Waals surface area contributed by atoms with Gasteiger partial charge in [0.05, 0.1) is 5.39 Å². The van der Waals surface area contributed by atoms with Crippen molar-refractivity contribution in [2.45, 2.75) is 31.7 Å². The fraction of sp³-hybridized carbons (Fsp3) is 0.278. The first-order chi connectivity index (χ1) is 11.2. The van der Waals surface area contributed by atoms with Gasteiger partial charge in [-0.1, -0.05) is 30.3 Å². The van der Waals surface area contributed by atoms with Crippen LogP contribution in [0.2, 0.25) is 0 Å². The van der Waals surface area contributed by atoms with Gasteiger partial charge in [0, 0.05) is 24.4 Å². The summed E-state index contributed by atoms with van der Waals surface area (Å²) >= 11 is 1.48. The van der Waals surface area contributed by atoms with E-state index in [-0.39, 0.29) is 17.4 Å². The number of thiophene rings is 1. The molecule has 4 nitrogen and oxygen atoms in total. The molecule has 2 heterocycles. The highest BCUT2D eigenvalue weighted by Crippen LogP contribution is 2.35. The van der Waals surface area contributed by atoms with Crippen molar-refractivity contribution in [1.82, 2.24) is 9.55 Å². The van der Waals surface area contributed by atoms with Crippen LogP contribution in [0, 0.1) is 0 Å². The van der Waals surface area contributed by atoms with Gasteiger partial charge in [0.1, 0.15) is 10.7 Å². The quantitative estimate of drug-likeness (QED) is 0.674. The molecule has 1 aliphatic carbocycles. The maximum Gasteiger partial charge on any atom is 0.262 e. The second-order valence-electron chi connectivity index (χ2n) is 5.86. The molecule has 3 aromatic rings. The average molecular weight is 324 g/mol. The smallest absolute Gasteiger partial charge is 0.262 e. The maximum atomic E-state index is 12.7. The van der Waals surface area contributed by atoms with E-state index < -0.39 is 0 Å². The van der Waals surface area contributed by atoms with E-state index in [4.69, 9.17) is 0 Å². The summed E-state index contributed by atoms with van der Waals surface area (Å²) < 4.78 is 1.81. The number of benzene rings is 1. The van der Waals surface area contributed by atoms with E-state index in [0.717, 1.165) is 23.5 Å². The van der Waals surface area contributed by atoms with E-state index in [1.807, 2.05) is 46.3 Å². The summed E-state index contributed by atoms with van der Waals surface area (Å²) in [7, 11) is 0. The molecule has 0 radical (unpaired) electrons. The Morgan fingerprint density at radius 2 is 2.00 bits per heavy atom. The molecule has 1 aromatic carbocycles. The number of aromatic nitrogens is 2. The summed E-state index contributed by atoms with van der Waals surface area (Å²) in [5, 5.41) is 2.59. The Labute approximate surface area is 137 Å². The molecule has 0 saturated heterocycles. The van der Waals surface area contributed by atoms with Gasteiger partial charge >= 0.3 is 0 Å². The SMILES string of the molecule is O=C(CCc1nc2sccc2c(=O)n1C1CC1)c1ccccc1. The summed E-state index contributed by atoms with van der Waals surface area (Å²) in [5.41, 5.74) is 0.755. The van der Waals surface area contributed by atoms with Crippen molar-refractivity contribution in [3.63, 3.8) is 0 Å². The normalized spacial score (nSPS) is 14.3. The van der Waals surface area contributed by atoms with Gasteiger partial charge in [-0.15, -0.1) is 11.3 Å². The van der Waals surface area contributed by atoms with E-state index in [2.05, 4.69) is 4.98 Å². The van der Waals surface area contributed by atoms with Crippen LogP contribution >= 0.6 is 11.3 Å². The van der Waals surface area contributed by atoms with Gasteiger partial charge in [0.15, 0.2) is 5.78 Å². The Bertz CT molecular complexity index is 923. The number of carbonyl (C=O) groups is 1. The molecular formula is C18H16N2O2S. The van der Waals surface area contributed by atoms with Crippen LogP contribution in [0.3, 0.4) is 0 Å². The van der Waals surface area contributed by atoms with Crippen LogP contribution in [0.15, 0.2) is 46.6 Å². The second kappa shape index (κ2) is 5.74. The molecular weight excluding hydrogens is 308 g/mol. The molecule has 2 aromatic heterocycles. The molecule has 0 unspecified atom stereocenters. The number of fused-ring (bicyclic) bond motifs is 1. The Hall–Kier alpha value is -2.27. The average Bonchev–Trinajstić information content (AvgIpc) is 3.30. The third kappa shape index (κ3) is 2.72. The molecule has 0 spiro atoms. The summed E-state index contributed by atoms with van der Waals surface area (Å²) in [6, 6.07) is 11.4. The molecule has 1 saturated carbocycles. The lowest BCUT2D eigenvalue weighted by atomic mass is 10.1. The van der Waals surface area contributed by atoms with Crippen molar-refractivity contribution in [2.75, 3.05) is 0 Å². The number of Topliss-reactive ketones (excluding diaryl/α,β-unsaturated/α-hetero) is 1. The Kier molecular flexibility index (Phi) is 3.58. The first kappa shape index (κ1) is 14.3. The molecule has 4 rings (SSSR count). The van der Waals surface area contributed by atoms with Crippen LogP contribution in [-0.2, 0) is 6.42 Å². The first-order valence-corrected chi connectivity index (χ1v) is 8.69. The van der Waals surface area contributed by atoms with E-state index in [1.54, 1.807) is 0 Å². The number of nitrogens with zero attached hydrogens (tertiary/aromatic N) is 2.